The lowest BCUT2D eigenvalue weighted by Crippen LogP contribution is -2.11. The third-order valence-electron chi connectivity index (χ3n) is 4.38. The molecule has 0 aliphatic heterocycles. The minimum absolute atomic E-state index is 0.155. The van der Waals surface area contributed by atoms with E-state index in [0.717, 1.165) is 22.6 Å². The molecule has 0 spiro atoms. The summed E-state index contributed by atoms with van der Waals surface area (Å²) >= 11 is 1.65. The van der Waals surface area contributed by atoms with E-state index in [1.54, 1.807) is 41.8 Å². The van der Waals surface area contributed by atoms with Crippen LogP contribution in [0.15, 0.2) is 77.8 Å². The van der Waals surface area contributed by atoms with Gasteiger partial charge in [0, 0.05) is 30.7 Å². The van der Waals surface area contributed by atoms with Crippen molar-refractivity contribution in [3.8, 4) is 16.9 Å². The molecule has 1 N–H and O–H groups in total. The molecule has 1 amide bonds. The molecule has 0 atom stereocenters. The average molecular weight is 389 g/mol. The number of nitrogens with one attached hydrogen (secondary N) is 1. The topological polar surface area (TPSA) is 56.2 Å². The molecule has 0 fully saturated rings. The maximum atomic E-state index is 12.5. The molecule has 2 heterocycles. The van der Waals surface area contributed by atoms with Crippen LogP contribution in [0.5, 0.6) is 5.75 Å². The van der Waals surface area contributed by atoms with E-state index >= 15 is 0 Å². The number of nitrogens with zero attached hydrogens (tertiary/aromatic N) is 2. The summed E-state index contributed by atoms with van der Waals surface area (Å²) in [5.74, 6) is 1.38. The van der Waals surface area contributed by atoms with Gasteiger partial charge in [0.05, 0.1) is 0 Å². The number of thiophene rings is 1. The average Bonchev–Trinajstić information content (AvgIpc) is 3.39. The minimum atomic E-state index is -0.155. The standard InChI is InChI=1S/C22H19N3O2S/c1-25-11-10-23-21(25)14-27-20-7-5-16(6-8-20)22(26)24-19-4-2-3-17(13-19)18-9-12-28-15-18/h2-13,15H,14H2,1H3,(H,24,26). The number of carbonyl (C=O) groups excluding carboxylic acids is 1. The van der Waals surface area contributed by atoms with E-state index in [0.29, 0.717) is 17.9 Å². The minimum Gasteiger partial charge on any atom is -0.486 e. The smallest absolute Gasteiger partial charge is 0.255 e. The monoisotopic (exact) mass is 389 g/mol. The van der Waals surface area contributed by atoms with Gasteiger partial charge in [-0.1, -0.05) is 12.1 Å². The highest BCUT2D eigenvalue weighted by Crippen LogP contribution is 2.25. The molecule has 4 aromatic rings. The normalized spacial score (nSPS) is 10.6. The second-order valence-corrected chi connectivity index (χ2v) is 7.09. The number of carbonyl (C=O) groups is 1. The first-order chi connectivity index (χ1) is 13.7. The number of ether oxygens (including phenoxy) is 1. The van der Waals surface area contributed by atoms with Crippen molar-refractivity contribution in [2.45, 2.75) is 6.61 Å². The SMILES string of the molecule is Cn1ccnc1COc1ccc(C(=O)Nc2cccc(-c3ccsc3)c2)cc1. The summed E-state index contributed by atoms with van der Waals surface area (Å²) in [4.78, 5) is 16.8. The molecule has 5 nitrogen and oxygen atoms in total. The highest BCUT2D eigenvalue weighted by Gasteiger charge is 2.08. The van der Waals surface area contributed by atoms with Crippen LogP contribution in [0.25, 0.3) is 11.1 Å². The third kappa shape index (κ3) is 4.13. The zero-order valence-corrected chi connectivity index (χ0v) is 16.1. The van der Waals surface area contributed by atoms with Crippen molar-refractivity contribution in [2.75, 3.05) is 5.32 Å². The Morgan fingerprint density at radius 3 is 2.71 bits per heavy atom. The van der Waals surface area contributed by atoms with E-state index in [1.807, 2.05) is 47.5 Å². The van der Waals surface area contributed by atoms with E-state index < -0.39 is 0 Å². The summed E-state index contributed by atoms with van der Waals surface area (Å²) in [5, 5.41) is 7.08. The number of aromatic nitrogens is 2. The van der Waals surface area contributed by atoms with E-state index in [4.69, 9.17) is 4.74 Å². The molecule has 6 heteroatoms. The summed E-state index contributed by atoms with van der Waals surface area (Å²) in [6, 6.07) is 17.0. The maximum Gasteiger partial charge on any atom is 0.255 e. The molecule has 0 aliphatic carbocycles. The van der Waals surface area contributed by atoms with Gasteiger partial charge in [0.25, 0.3) is 5.91 Å². The van der Waals surface area contributed by atoms with Crippen molar-refractivity contribution < 1.29 is 9.53 Å². The molecular formula is C22H19N3O2S. The van der Waals surface area contributed by atoms with Crippen LogP contribution < -0.4 is 10.1 Å². The van der Waals surface area contributed by atoms with Crippen LogP contribution in [0.3, 0.4) is 0 Å². The number of anilines is 1. The van der Waals surface area contributed by atoms with Gasteiger partial charge in [-0.25, -0.2) is 4.98 Å². The first-order valence-electron chi connectivity index (χ1n) is 8.82. The lowest BCUT2D eigenvalue weighted by molar-refractivity contribution is 0.102. The fraction of sp³-hybridized carbons (Fsp3) is 0.0909. The molecule has 0 saturated carbocycles. The van der Waals surface area contributed by atoms with Crippen LogP contribution in [-0.4, -0.2) is 15.5 Å². The van der Waals surface area contributed by atoms with Gasteiger partial charge in [0.2, 0.25) is 0 Å². The van der Waals surface area contributed by atoms with Gasteiger partial charge in [0.1, 0.15) is 18.2 Å². The summed E-state index contributed by atoms with van der Waals surface area (Å²) in [5.41, 5.74) is 3.57. The Morgan fingerprint density at radius 1 is 1.14 bits per heavy atom. The second kappa shape index (κ2) is 8.10. The molecule has 0 bridgehead atoms. The molecule has 2 aromatic carbocycles. The Hall–Kier alpha value is -3.38. The van der Waals surface area contributed by atoms with Crippen molar-refractivity contribution >= 4 is 22.9 Å². The van der Waals surface area contributed by atoms with Crippen molar-refractivity contribution in [1.82, 2.24) is 9.55 Å². The van der Waals surface area contributed by atoms with Gasteiger partial charge in [-0.15, -0.1) is 0 Å². The quantitative estimate of drug-likeness (QED) is 0.506. The molecule has 28 heavy (non-hydrogen) atoms. The van der Waals surface area contributed by atoms with Crippen LogP contribution in [0.1, 0.15) is 16.2 Å². The predicted octanol–water partition coefficient (Wildman–Crippen LogP) is 4.98. The van der Waals surface area contributed by atoms with Crippen LogP contribution >= 0.6 is 11.3 Å². The Morgan fingerprint density at radius 2 is 2.00 bits per heavy atom. The fourth-order valence-corrected chi connectivity index (χ4v) is 3.46. The molecule has 140 valence electrons. The maximum absolute atomic E-state index is 12.5. The van der Waals surface area contributed by atoms with Gasteiger partial charge in [-0.3, -0.25) is 4.79 Å². The number of hydrogen-bond acceptors (Lipinski definition) is 4. The summed E-state index contributed by atoms with van der Waals surface area (Å²) in [6.45, 7) is 0.379. The van der Waals surface area contributed by atoms with E-state index in [1.165, 1.54) is 0 Å². The number of imidazole rings is 1. The van der Waals surface area contributed by atoms with E-state index in [9.17, 15) is 4.79 Å². The van der Waals surface area contributed by atoms with Gasteiger partial charge in [-0.05, 0) is 64.4 Å². The zero-order valence-electron chi connectivity index (χ0n) is 15.3. The molecule has 0 unspecified atom stereocenters. The molecule has 4 rings (SSSR count). The number of rotatable bonds is 6. The molecule has 0 saturated heterocycles. The number of hydrogen-bond donors (Lipinski definition) is 1. The Kier molecular flexibility index (Phi) is 5.21. The Balaban J connectivity index is 1.40. The fourth-order valence-electron chi connectivity index (χ4n) is 2.79. The summed E-state index contributed by atoms with van der Waals surface area (Å²) < 4.78 is 7.64. The van der Waals surface area contributed by atoms with Gasteiger partial charge in [0.15, 0.2) is 0 Å². The van der Waals surface area contributed by atoms with Crippen LogP contribution in [-0.2, 0) is 13.7 Å². The van der Waals surface area contributed by atoms with Crippen molar-refractivity contribution in [3.05, 3.63) is 89.1 Å². The second-order valence-electron chi connectivity index (χ2n) is 6.31. The number of benzene rings is 2. The van der Waals surface area contributed by atoms with E-state index in [-0.39, 0.29) is 5.91 Å². The highest BCUT2D eigenvalue weighted by atomic mass is 32.1. The molecular weight excluding hydrogens is 370 g/mol. The van der Waals surface area contributed by atoms with Crippen LogP contribution in [0.2, 0.25) is 0 Å². The zero-order chi connectivity index (χ0) is 19.3. The number of amides is 1. The first-order valence-corrected chi connectivity index (χ1v) is 9.76. The largest absolute Gasteiger partial charge is 0.486 e. The summed E-state index contributed by atoms with van der Waals surface area (Å²) in [6.07, 6.45) is 3.61. The van der Waals surface area contributed by atoms with Crippen molar-refractivity contribution in [3.63, 3.8) is 0 Å². The van der Waals surface area contributed by atoms with Gasteiger partial charge < -0.3 is 14.6 Å². The first kappa shape index (κ1) is 18.0. The van der Waals surface area contributed by atoms with Crippen LogP contribution in [0.4, 0.5) is 5.69 Å². The number of aryl methyl sites for hydroxylation is 1. The Bertz CT molecular complexity index is 1070. The lowest BCUT2D eigenvalue weighted by Gasteiger charge is -2.09. The predicted molar refractivity (Wildman–Crippen MR) is 112 cm³/mol. The van der Waals surface area contributed by atoms with Gasteiger partial charge >= 0.3 is 0 Å². The summed E-state index contributed by atoms with van der Waals surface area (Å²) in [7, 11) is 1.92. The molecule has 0 aliphatic rings. The van der Waals surface area contributed by atoms with Crippen molar-refractivity contribution in [2.24, 2.45) is 7.05 Å². The van der Waals surface area contributed by atoms with Crippen LogP contribution in [0, 0.1) is 0 Å². The van der Waals surface area contributed by atoms with E-state index in [2.05, 4.69) is 21.7 Å². The van der Waals surface area contributed by atoms with Crippen molar-refractivity contribution in [1.29, 1.82) is 0 Å². The lowest BCUT2D eigenvalue weighted by atomic mass is 10.1. The molecule has 0 radical (unpaired) electrons. The highest BCUT2D eigenvalue weighted by molar-refractivity contribution is 7.08. The third-order valence-corrected chi connectivity index (χ3v) is 5.06. The Labute approximate surface area is 167 Å². The molecule has 2 aromatic heterocycles. The van der Waals surface area contributed by atoms with Gasteiger partial charge in [-0.2, -0.15) is 11.3 Å².